The highest BCUT2D eigenvalue weighted by atomic mass is 79.9. The Labute approximate surface area is 133 Å². The summed E-state index contributed by atoms with van der Waals surface area (Å²) in [7, 11) is 0. The number of imide groups is 1. The molecular weight excluding hydrogens is 330 g/mol. The maximum absolute atomic E-state index is 12.5. The number of carbonyl (C=O) groups is 2. The number of carbonyl (C=O) groups excluding carboxylic acids is 2. The minimum Gasteiger partial charge on any atom is -0.274 e. The molecule has 0 N–H and O–H groups in total. The summed E-state index contributed by atoms with van der Waals surface area (Å²) in [5.41, 5.74) is 1.16. The van der Waals surface area contributed by atoms with Gasteiger partial charge in [0, 0.05) is 11.9 Å². The lowest BCUT2D eigenvalue weighted by Gasteiger charge is -2.34. The molecule has 0 spiro atoms. The summed E-state index contributed by atoms with van der Waals surface area (Å²) in [6, 6.07) is 7.14. The van der Waals surface area contributed by atoms with E-state index >= 15 is 0 Å². The molecule has 1 aromatic rings. The van der Waals surface area contributed by atoms with E-state index in [-0.39, 0.29) is 17.2 Å². The molecule has 2 aliphatic rings. The van der Waals surface area contributed by atoms with Crippen molar-refractivity contribution in [3.05, 3.63) is 35.4 Å². The number of hydrogen-bond acceptors (Lipinski definition) is 2. The van der Waals surface area contributed by atoms with E-state index in [4.69, 9.17) is 0 Å². The zero-order chi connectivity index (χ0) is 14.9. The lowest BCUT2D eigenvalue weighted by molar-refractivity contribution is 0.0570. The fraction of sp³-hybridized carbons (Fsp3) is 0.529. The summed E-state index contributed by atoms with van der Waals surface area (Å²) in [5, 5.41) is 0.855. The van der Waals surface area contributed by atoms with Crippen LogP contribution in [0.2, 0.25) is 0 Å². The van der Waals surface area contributed by atoms with Crippen molar-refractivity contribution in [2.75, 3.05) is 11.9 Å². The van der Waals surface area contributed by atoms with Gasteiger partial charge in [0.2, 0.25) is 0 Å². The molecule has 21 heavy (non-hydrogen) atoms. The molecule has 3 nitrogen and oxygen atoms in total. The predicted octanol–water partition coefficient (Wildman–Crippen LogP) is 4.02. The van der Waals surface area contributed by atoms with E-state index in [2.05, 4.69) is 15.9 Å². The first-order valence-corrected chi connectivity index (χ1v) is 8.80. The fourth-order valence-electron chi connectivity index (χ4n) is 3.53. The molecule has 0 unspecified atom stereocenters. The predicted molar refractivity (Wildman–Crippen MR) is 85.7 cm³/mol. The Kier molecular flexibility index (Phi) is 4.16. The van der Waals surface area contributed by atoms with Crippen LogP contribution in [0.4, 0.5) is 0 Å². The number of fused-ring (bicyclic) bond motifs is 1. The minimum absolute atomic E-state index is 0.0455. The topological polar surface area (TPSA) is 37.4 Å². The fourth-order valence-corrected chi connectivity index (χ4v) is 4.27. The zero-order valence-electron chi connectivity index (χ0n) is 12.1. The molecule has 1 aliphatic heterocycles. The SMILES string of the molecule is O=C1c2ccccc2C(=O)N1CC1(CBr)CCCCCC1. The molecule has 3 rings (SSSR count). The molecule has 1 heterocycles. The molecule has 2 amide bonds. The first kappa shape index (κ1) is 14.8. The number of halogens is 1. The summed E-state index contributed by atoms with van der Waals surface area (Å²) >= 11 is 3.64. The van der Waals surface area contributed by atoms with Gasteiger partial charge in [-0.2, -0.15) is 0 Å². The Morgan fingerprint density at radius 3 is 1.95 bits per heavy atom. The second kappa shape index (κ2) is 5.91. The number of rotatable bonds is 3. The van der Waals surface area contributed by atoms with Crippen LogP contribution in [0, 0.1) is 5.41 Å². The molecule has 0 bridgehead atoms. The average molecular weight is 350 g/mol. The second-order valence-corrected chi connectivity index (χ2v) is 6.85. The van der Waals surface area contributed by atoms with Gasteiger partial charge in [0.25, 0.3) is 11.8 Å². The molecule has 1 saturated carbocycles. The van der Waals surface area contributed by atoms with Gasteiger partial charge in [-0.3, -0.25) is 14.5 Å². The molecule has 0 radical (unpaired) electrons. The Balaban J connectivity index is 1.85. The molecule has 0 saturated heterocycles. The van der Waals surface area contributed by atoms with Gasteiger partial charge in [-0.05, 0) is 30.4 Å². The normalized spacial score (nSPS) is 21.3. The quantitative estimate of drug-likeness (QED) is 0.469. The van der Waals surface area contributed by atoms with Crippen LogP contribution in [0.5, 0.6) is 0 Å². The smallest absolute Gasteiger partial charge is 0.261 e. The Hall–Kier alpha value is -1.16. The third-order valence-electron chi connectivity index (χ3n) is 4.82. The van der Waals surface area contributed by atoms with Gasteiger partial charge >= 0.3 is 0 Å². The van der Waals surface area contributed by atoms with E-state index in [1.54, 1.807) is 12.1 Å². The van der Waals surface area contributed by atoms with Crippen molar-refractivity contribution in [3.8, 4) is 0 Å². The largest absolute Gasteiger partial charge is 0.274 e. The van der Waals surface area contributed by atoms with Crippen LogP contribution in [-0.4, -0.2) is 28.6 Å². The van der Waals surface area contributed by atoms with Gasteiger partial charge in [-0.15, -0.1) is 0 Å². The molecule has 1 aliphatic carbocycles. The molecule has 1 aromatic carbocycles. The number of amides is 2. The average Bonchev–Trinajstić information content (AvgIpc) is 2.70. The van der Waals surface area contributed by atoms with E-state index in [1.807, 2.05) is 12.1 Å². The molecule has 0 atom stereocenters. The summed E-state index contributed by atoms with van der Waals surface area (Å²) in [4.78, 5) is 26.5. The standard InChI is InChI=1S/C17H20BrNO2/c18-11-17(9-5-1-2-6-10-17)12-19-15(20)13-7-3-4-8-14(13)16(19)21/h3-4,7-8H,1-2,5-6,9-12H2. The van der Waals surface area contributed by atoms with Gasteiger partial charge in [0.05, 0.1) is 11.1 Å². The summed E-state index contributed by atoms with van der Waals surface area (Å²) in [5.74, 6) is -0.250. The van der Waals surface area contributed by atoms with Crippen LogP contribution in [0.1, 0.15) is 59.2 Å². The summed E-state index contributed by atoms with van der Waals surface area (Å²) in [6.45, 7) is 0.546. The Morgan fingerprint density at radius 1 is 0.952 bits per heavy atom. The second-order valence-electron chi connectivity index (χ2n) is 6.29. The van der Waals surface area contributed by atoms with Crippen LogP contribution >= 0.6 is 15.9 Å². The zero-order valence-corrected chi connectivity index (χ0v) is 13.7. The van der Waals surface area contributed by atoms with Crippen LogP contribution in [0.15, 0.2) is 24.3 Å². The number of hydrogen-bond donors (Lipinski definition) is 0. The van der Waals surface area contributed by atoms with E-state index < -0.39 is 0 Å². The molecule has 112 valence electrons. The maximum Gasteiger partial charge on any atom is 0.261 e. The molecule has 0 aromatic heterocycles. The summed E-state index contributed by atoms with van der Waals surface area (Å²) < 4.78 is 0. The lowest BCUT2D eigenvalue weighted by Crippen LogP contribution is -2.42. The van der Waals surface area contributed by atoms with E-state index in [0.29, 0.717) is 17.7 Å². The maximum atomic E-state index is 12.5. The van der Waals surface area contributed by atoms with Gasteiger partial charge in [0.1, 0.15) is 0 Å². The van der Waals surface area contributed by atoms with Crippen molar-refractivity contribution in [1.29, 1.82) is 0 Å². The van der Waals surface area contributed by atoms with E-state index in [9.17, 15) is 9.59 Å². The van der Waals surface area contributed by atoms with Gasteiger partial charge in [-0.1, -0.05) is 53.7 Å². The van der Waals surface area contributed by atoms with Crippen molar-refractivity contribution in [1.82, 2.24) is 4.90 Å². The highest BCUT2D eigenvalue weighted by Crippen LogP contribution is 2.39. The third-order valence-corrected chi connectivity index (χ3v) is 6.01. The minimum atomic E-state index is -0.125. The molecule has 1 fully saturated rings. The van der Waals surface area contributed by atoms with E-state index in [0.717, 1.165) is 18.2 Å². The van der Waals surface area contributed by atoms with Gasteiger partial charge in [0.15, 0.2) is 0 Å². The van der Waals surface area contributed by atoms with Crippen molar-refractivity contribution >= 4 is 27.7 Å². The van der Waals surface area contributed by atoms with Crippen LogP contribution < -0.4 is 0 Å². The number of alkyl halides is 1. The van der Waals surface area contributed by atoms with Gasteiger partial charge in [-0.25, -0.2) is 0 Å². The Morgan fingerprint density at radius 2 is 1.48 bits per heavy atom. The van der Waals surface area contributed by atoms with Crippen LogP contribution in [0.3, 0.4) is 0 Å². The Bertz CT molecular complexity index is 527. The van der Waals surface area contributed by atoms with Gasteiger partial charge < -0.3 is 0 Å². The van der Waals surface area contributed by atoms with Crippen LogP contribution in [-0.2, 0) is 0 Å². The first-order valence-electron chi connectivity index (χ1n) is 7.68. The monoisotopic (exact) mass is 349 g/mol. The summed E-state index contributed by atoms with van der Waals surface area (Å²) in [6.07, 6.45) is 7.08. The molecular formula is C17H20BrNO2. The van der Waals surface area contributed by atoms with Crippen molar-refractivity contribution in [2.45, 2.75) is 38.5 Å². The number of nitrogens with zero attached hydrogens (tertiary/aromatic N) is 1. The third kappa shape index (κ3) is 2.66. The lowest BCUT2D eigenvalue weighted by atomic mass is 9.82. The van der Waals surface area contributed by atoms with Crippen molar-refractivity contribution < 1.29 is 9.59 Å². The first-order chi connectivity index (χ1) is 10.2. The number of benzene rings is 1. The van der Waals surface area contributed by atoms with E-state index in [1.165, 1.54) is 30.6 Å². The highest BCUT2D eigenvalue weighted by molar-refractivity contribution is 9.09. The highest BCUT2D eigenvalue weighted by Gasteiger charge is 2.41. The molecule has 4 heteroatoms. The van der Waals surface area contributed by atoms with Crippen molar-refractivity contribution in [3.63, 3.8) is 0 Å². The van der Waals surface area contributed by atoms with Crippen molar-refractivity contribution in [2.24, 2.45) is 5.41 Å². The van der Waals surface area contributed by atoms with Crippen LogP contribution in [0.25, 0.3) is 0 Å².